The summed E-state index contributed by atoms with van der Waals surface area (Å²) in [7, 11) is 0. The van der Waals surface area contributed by atoms with Crippen LogP contribution in [0.15, 0.2) is 24.3 Å². The molecule has 0 aliphatic heterocycles. The Balaban J connectivity index is 3.15. The van der Waals surface area contributed by atoms with Crippen LogP contribution in [0.3, 0.4) is 0 Å². The number of nitrogens with zero attached hydrogens (tertiary/aromatic N) is 1. The van der Waals surface area contributed by atoms with Gasteiger partial charge >= 0.3 is 5.69 Å². The SMILES string of the molecule is O=[N+](O)c1ccccc1I. The fourth-order valence-corrected chi connectivity index (χ4v) is 1.20. The summed E-state index contributed by atoms with van der Waals surface area (Å²) in [5, 5.41) is 8.48. The Kier molecular flexibility index (Phi) is 2.21. The zero-order chi connectivity index (χ0) is 7.56. The third-order valence-corrected chi connectivity index (χ3v) is 1.97. The first-order chi connectivity index (χ1) is 4.72. The summed E-state index contributed by atoms with van der Waals surface area (Å²) < 4.78 is 0.734. The molecule has 0 spiro atoms. The third-order valence-electron chi connectivity index (χ3n) is 1.06. The van der Waals surface area contributed by atoms with Crippen LogP contribution in [-0.2, 0) is 0 Å². The van der Waals surface area contributed by atoms with Crippen molar-refractivity contribution in [3.8, 4) is 0 Å². The Morgan fingerprint density at radius 1 is 1.40 bits per heavy atom. The van der Waals surface area contributed by atoms with E-state index in [2.05, 4.69) is 0 Å². The molecule has 0 bridgehead atoms. The molecule has 0 fully saturated rings. The zero-order valence-corrected chi connectivity index (χ0v) is 7.15. The molecule has 1 aromatic carbocycles. The van der Waals surface area contributed by atoms with Crippen LogP contribution >= 0.6 is 22.6 Å². The molecule has 10 heavy (non-hydrogen) atoms. The molecule has 0 saturated heterocycles. The van der Waals surface area contributed by atoms with Crippen LogP contribution in [0.4, 0.5) is 5.69 Å². The summed E-state index contributed by atoms with van der Waals surface area (Å²) >= 11 is 1.97. The molecular formula is C6H5INO2+. The highest BCUT2D eigenvalue weighted by atomic mass is 127. The smallest absolute Gasteiger partial charge is 0.241 e. The molecular weight excluding hydrogens is 245 g/mol. The second-order valence-corrected chi connectivity index (χ2v) is 2.89. The van der Waals surface area contributed by atoms with Gasteiger partial charge in [0.25, 0.3) is 4.92 Å². The van der Waals surface area contributed by atoms with Crippen molar-refractivity contribution in [2.45, 2.75) is 0 Å². The van der Waals surface area contributed by atoms with Crippen LogP contribution in [0.1, 0.15) is 0 Å². The van der Waals surface area contributed by atoms with E-state index in [0.29, 0.717) is 0 Å². The first kappa shape index (κ1) is 7.46. The monoisotopic (exact) mass is 250 g/mol. The van der Waals surface area contributed by atoms with E-state index in [1.54, 1.807) is 24.3 Å². The second-order valence-electron chi connectivity index (χ2n) is 1.72. The van der Waals surface area contributed by atoms with Crippen LogP contribution < -0.4 is 0 Å². The molecule has 0 aliphatic carbocycles. The minimum atomic E-state index is -0.137. The van der Waals surface area contributed by atoms with Gasteiger partial charge in [-0.1, -0.05) is 12.1 Å². The Morgan fingerprint density at radius 3 is 2.40 bits per heavy atom. The molecule has 1 N–H and O–H groups in total. The van der Waals surface area contributed by atoms with Gasteiger partial charge in [-0.25, -0.2) is 5.21 Å². The fraction of sp³-hybridized carbons (Fsp3) is 0. The van der Waals surface area contributed by atoms with Crippen LogP contribution in [0.5, 0.6) is 0 Å². The maximum Gasteiger partial charge on any atom is 0.329 e. The summed E-state index contributed by atoms with van der Waals surface area (Å²) in [6.45, 7) is 0. The standard InChI is InChI=1S/C6H5INO2/c7-5-3-1-2-4-6(5)8(9)10/h1-4H,(H,9,10)/q+1. The lowest BCUT2D eigenvalue weighted by Gasteiger charge is -1.85. The Hall–Kier alpha value is -0.650. The van der Waals surface area contributed by atoms with Gasteiger partial charge in [-0.2, -0.15) is 0 Å². The van der Waals surface area contributed by atoms with Crippen molar-refractivity contribution >= 4 is 28.3 Å². The van der Waals surface area contributed by atoms with Gasteiger partial charge in [-0.05, 0) is 28.7 Å². The molecule has 0 aliphatic rings. The van der Waals surface area contributed by atoms with Crippen LogP contribution in [0, 0.1) is 8.48 Å². The molecule has 0 aromatic heterocycles. The number of rotatable bonds is 1. The summed E-state index contributed by atoms with van der Waals surface area (Å²) in [6.07, 6.45) is 0. The molecule has 3 nitrogen and oxygen atoms in total. The molecule has 0 amide bonds. The van der Waals surface area contributed by atoms with Gasteiger partial charge in [-0.3, -0.25) is 0 Å². The normalized spacial score (nSPS) is 9.30. The Morgan fingerprint density at radius 2 is 2.00 bits per heavy atom. The van der Waals surface area contributed by atoms with Gasteiger partial charge in [0, 0.05) is 6.07 Å². The Labute approximate surface area is 71.3 Å². The number of benzene rings is 1. The highest BCUT2D eigenvalue weighted by Crippen LogP contribution is 2.17. The second kappa shape index (κ2) is 2.96. The molecule has 52 valence electrons. The Bertz CT molecular complexity index is 262. The highest BCUT2D eigenvalue weighted by molar-refractivity contribution is 14.1. The predicted molar refractivity (Wildman–Crippen MR) is 44.2 cm³/mol. The van der Waals surface area contributed by atoms with Crippen molar-refractivity contribution in [1.29, 1.82) is 0 Å². The minimum Gasteiger partial charge on any atom is -0.241 e. The van der Waals surface area contributed by atoms with E-state index in [1.807, 2.05) is 22.6 Å². The fourth-order valence-electron chi connectivity index (χ4n) is 0.607. The maximum atomic E-state index is 10.3. The number of hydrogen-bond acceptors (Lipinski definition) is 1. The van der Waals surface area contributed by atoms with Crippen LogP contribution in [-0.4, -0.2) is 10.1 Å². The van der Waals surface area contributed by atoms with E-state index < -0.39 is 0 Å². The van der Waals surface area contributed by atoms with Crippen molar-refractivity contribution < 1.29 is 10.1 Å². The number of para-hydroxylation sites is 1. The first-order valence-corrected chi connectivity index (χ1v) is 3.70. The van der Waals surface area contributed by atoms with Crippen molar-refractivity contribution in [2.75, 3.05) is 0 Å². The lowest BCUT2D eigenvalue weighted by molar-refractivity contribution is -0.730. The summed E-state index contributed by atoms with van der Waals surface area (Å²) in [5.41, 5.74) is 0.281. The molecule has 1 rings (SSSR count). The predicted octanol–water partition coefficient (Wildman–Crippen LogP) is 2.09. The number of hydrogen-bond donors (Lipinski definition) is 1. The van der Waals surface area contributed by atoms with Gasteiger partial charge in [0.1, 0.15) is 0 Å². The largest absolute Gasteiger partial charge is 0.329 e. The first-order valence-electron chi connectivity index (χ1n) is 2.62. The van der Waals surface area contributed by atoms with Crippen molar-refractivity contribution in [1.82, 2.24) is 0 Å². The topological polar surface area (TPSA) is 40.3 Å². The molecule has 0 unspecified atom stereocenters. The van der Waals surface area contributed by atoms with Crippen LogP contribution in [0.2, 0.25) is 0 Å². The molecule has 0 saturated carbocycles. The van der Waals surface area contributed by atoms with E-state index in [0.717, 1.165) is 3.57 Å². The van der Waals surface area contributed by atoms with E-state index in [9.17, 15) is 4.91 Å². The van der Waals surface area contributed by atoms with E-state index in [-0.39, 0.29) is 10.6 Å². The average Bonchev–Trinajstić information content (AvgIpc) is 1.88. The molecule has 4 heteroatoms. The van der Waals surface area contributed by atoms with E-state index in [1.165, 1.54) is 0 Å². The van der Waals surface area contributed by atoms with Gasteiger partial charge in [0.05, 0.1) is 8.48 Å². The van der Waals surface area contributed by atoms with Crippen LogP contribution in [0.25, 0.3) is 0 Å². The summed E-state index contributed by atoms with van der Waals surface area (Å²) in [6, 6.07) is 6.79. The lowest BCUT2D eigenvalue weighted by Crippen LogP contribution is -1.93. The minimum absolute atomic E-state index is 0.137. The average molecular weight is 250 g/mol. The van der Waals surface area contributed by atoms with Crippen molar-refractivity contribution in [3.63, 3.8) is 0 Å². The third kappa shape index (κ3) is 1.44. The van der Waals surface area contributed by atoms with Gasteiger partial charge in [0.2, 0.25) is 0 Å². The number of halogens is 1. The van der Waals surface area contributed by atoms with Crippen molar-refractivity contribution in [3.05, 3.63) is 32.7 Å². The quantitative estimate of drug-likeness (QED) is 0.612. The lowest BCUT2D eigenvalue weighted by atomic mass is 10.3. The van der Waals surface area contributed by atoms with Gasteiger partial charge in [0.15, 0.2) is 0 Å². The molecule has 0 atom stereocenters. The highest BCUT2D eigenvalue weighted by Gasteiger charge is 2.14. The van der Waals surface area contributed by atoms with E-state index in [4.69, 9.17) is 5.21 Å². The zero-order valence-electron chi connectivity index (χ0n) is 4.99. The summed E-state index contributed by atoms with van der Waals surface area (Å²) in [5.74, 6) is 0. The van der Waals surface area contributed by atoms with Gasteiger partial charge in [-0.15, -0.1) is 0 Å². The van der Waals surface area contributed by atoms with Crippen molar-refractivity contribution in [2.24, 2.45) is 0 Å². The summed E-state index contributed by atoms with van der Waals surface area (Å²) in [4.78, 5) is 10.2. The maximum absolute atomic E-state index is 10.3. The van der Waals surface area contributed by atoms with Gasteiger partial charge < -0.3 is 0 Å². The molecule has 0 heterocycles. The molecule has 1 aromatic rings. The van der Waals surface area contributed by atoms with E-state index >= 15 is 0 Å². The molecule has 0 radical (unpaired) electrons.